The van der Waals surface area contributed by atoms with E-state index in [9.17, 15) is 18.0 Å². The van der Waals surface area contributed by atoms with Crippen molar-refractivity contribution in [2.75, 3.05) is 11.9 Å². The highest BCUT2D eigenvalue weighted by Gasteiger charge is 2.31. The summed E-state index contributed by atoms with van der Waals surface area (Å²) in [5.74, 6) is -0.686. The Kier molecular flexibility index (Phi) is 6.13. The number of benzene rings is 1. The highest BCUT2D eigenvalue weighted by Crippen LogP contribution is 2.35. The summed E-state index contributed by atoms with van der Waals surface area (Å²) in [4.78, 5) is 16.1. The van der Waals surface area contributed by atoms with Gasteiger partial charge in [-0.25, -0.2) is 4.98 Å². The Morgan fingerprint density at radius 2 is 1.96 bits per heavy atom. The zero-order chi connectivity index (χ0) is 18.6. The number of carbonyl (C=O) groups is 1. The van der Waals surface area contributed by atoms with Gasteiger partial charge < -0.3 is 10.1 Å². The van der Waals surface area contributed by atoms with E-state index in [2.05, 4.69) is 10.3 Å². The molecule has 1 aromatic heterocycles. The van der Waals surface area contributed by atoms with Crippen molar-refractivity contribution in [3.05, 3.63) is 51.8 Å². The van der Waals surface area contributed by atoms with E-state index in [0.29, 0.717) is 6.42 Å². The fourth-order valence-corrected chi connectivity index (χ4v) is 2.24. The number of pyridine rings is 1. The van der Waals surface area contributed by atoms with E-state index in [1.165, 1.54) is 12.1 Å². The summed E-state index contributed by atoms with van der Waals surface area (Å²) in [6.45, 7) is 2.13. The van der Waals surface area contributed by atoms with E-state index in [4.69, 9.17) is 27.9 Å². The van der Waals surface area contributed by atoms with Gasteiger partial charge in [0.25, 0.3) is 5.91 Å². The number of hydrogen-bond donors (Lipinski definition) is 1. The van der Waals surface area contributed by atoms with Crippen LogP contribution < -0.4 is 10.1 Å². The summed E-state index contributed by atoms with van der Waals surface area (Å²) >= 11 is 11.6. The van der Waals surface area contributed by atoms with Crippen LogP contribution in [-0.2, 0) is 6.18 Å². The summed E-state index contributed by atoms with van der Waals surface area (Å²) in [5.41, 5.74) is -1.25. The minimum absolute atomic E-state index is 0.0184. The Morgan fingerprint density at radius 3 is 2.60 bits per heavy atom. The molecule has 134 valence electrons. The number of ether oxygens (including phenoxy) is 1. The van der Waals surface area contributed by atoms with Gasteiger partial charge in [-0.05, 0) is 36.8 Å². The zero-order valence-electron chi connectivity index (χ0n) is 13.0. The second kappa shape index (κ2) is 7.93. The van der Waals surface area contributed by atoms with E-state index in [1.54, 1.807) is 0 Å². The number of rotatable bonds is 5. The normalized spacial score (nSPS) is 11.3. The molecule has 1 heterocycles. The first-order valence-corrected chi connectivity index (χ1v) is 7.95. The third kappa shape index (κ3) is 4.99. The van der Waals surface area contributed by atoms with Crippen molar-refractivity contribution in [3.8, 4) is 5.75 Å². The fourth-order valence-electron chi connectivity index (χ4n) is 1.90. The molecule has 0 aliphatic rings. The summed E-state index contributed by atoms with van der Waals surface area (Å²) < 4.78 is 44.2. The van der Waals surface area contributed by atoms with Crippen LogP contribution >= 0.6 is 23.2 Å². The summed E-state index contributed by atoms with van der Waals surface area (Å²) in [5, 5.41) is 2.39. The molecule has 9 heteroatoms. The molecule has 2 aromatic rings. The molecule has 0 spiro atoms. The third-order valence-electron chi connectivity index (χ3n) is 3.04. The molecule has 1 amide bonds. The van der Waals surface area contributed by atoms with Crippen LogP contribution in [0.1, 0.15) is 29.4 Å². The first-order valence-electron chi connectivity index (χ1n) is 7.19. The second-order valence-corrected chi connectivity index (χ2v) is 5.77. The fraction of sp³-hybridized carbons (Fsp3) is 0.250. The molecule has 1 aromatic carbocycles. The lowest BCUT2D eigenvalue weighted by Crippen LogP contribution is -2.16. The molecule has 1 N–H and O–H groups in total. The van der Waals surface area contributed by atoms with Gasteiger partial charge in [0.2, 0.25) is 0 Å². The van der Waals surface area contributed by atoms with Crippen LogP contribution in [0, 0.1) is 0 Å². The first kappa shape index (κ1) is 19.3. The number of alkyl halides is 3. The van der Waals surface area contributed by atoms with Crippen molar-refractivity contribution in [1.82, 2.24) is 4.98 Å². The molecule has 0 fully saturated rings. The number of nitrogens with zero attached hydrogens (tertiary/aromatic N) is 1. The summed E-state index contributed by atoms with van der Waals surface area (Å²) in [6.07, 6.45) is -3.91. The predicted molar refractivity (Wildman–Crippen MR) is 89.4 cm³/mol. The highest BCUT2D eigenvalue weighted by molar-refractivity contribution is 6.35. The molecule has 4 nitrogen and oxygen atoms in total. The minimum Gasteiger partial charge on any atom is -0.491 e. The topological polar surface area (TPSA) is 51.2 Å². The summed E-state index contributed by atoms with van der Waals surface area (Å²) in [7, 11) is 0. The van der Waals surface area contributed by atoms with Crippen LogP contribution in [0.5, 0.6) is 5.75 Å². The molecule has 0 atom stereocenters. The number of aromatic nitrogens is 1. The van der Waals surface area contributed by atoms with Crippen molar-refractivity contribution in [1.29, 1.82) is 0 Å². The van der Waals surface area contributed by atoms with E-state index in [1.807, 2.05) is 6.92 Å². The van der Waals surface area contributed by atoms with Crippen LogP contribution in [0.4, 0.5) is 18.9 Å². The minimum atomic E-state index is -4.56. The molecule has 0 radical (unpaired) electrons. The van der Waals surface area contributed by atoms with Crippen molar-refractivity contribution >= 4 is 34.8 Å². The number of amides is 1. The van der Waals surface area contributed by atoms with Crippen LogP contribution in [0.15, 0.2) is 30.3 Å². The maximum absolute atomic E-state index is 12.9. The van der Waals surface area contributed by atoms with Crippen molar-refractivity contribution in [2.45, 2.75) is 19.5 Å². The highest BCUT2D eigenvalue weighted by atomic mass is 35.5. The van der Waals surface area contributed by atoms with Crippen LogP contribution in [0.2, 0.25) is 10.2 Å². The molecular formula is C16H13Cl2F3N2O2. The first-order chi connectivity index (χ1) is 11.7. The number of carbonyl (C=O) groups excluding carboxylic acids is 1. The number of anilines is 1. The lowest BCUT2D eigenvalue weighted by molar-refractivity contribution is -0.137. The number of nitrogens with one attached hydrogen (secondary N) is 1. The van der Waals surface area contributed by atoms with Crippen molar-refractivity contribution < 1.29 is 22.7 Å². The molecule has 25 heavy (non-hydrogen) atoms. The van der Waals surface area contributed by atoms with E-state index >= 15 is 0 Å². The van der Waals surface area contributed by atoms with Crippen LogP contribution in [0.3, 0.4) is 0 Å². The molecule has 0 aliphatic heterocycles. The Morgan fingerprint density at radius 1 is 1.24 bits per heavy atom. The molecule has 2 rings (SSSR count). The van der Waals surface area contributed by atoms with Gasteiger partial charge in [-0.3, -0.25) is 4.79 Å². The zero-order valence-corrected chi connectivity index (χ0v) is 14.5. The van der Waals surface area contributed by atoms with E-state index < -0.39 is 17.6 Å². The standard InChI is InChI=1S/C16H13Cl2F3N2O2/c1-2-7-25-12-5-3-9(16(19,20)21)8-11(12)22-15(24)14-10(17)4-6-13(18)23-14/h3-6,8H,2,7H2,1H3,(H,22,24). The van der Waals surface area contributed by atoms with Crippen molar-refractivity contribution in [3.63, 3.8) is 0 Å². The molecular weight excluding hydrogens is 380 g/mol. The van der Waals surface area contributed by atoms with Gasteiger partial charge in [-0.2, -0.15) is 13.2 Å². The Balaban J connectivity index is 2.37. The van der Waals surface area contributed by atoms with Gasteiger partial charge in [-0.15, -0.1) is 0 Å². The maximum atomic E-state index is 12.9. The molecule has 0 saturated carbocycles. The van der Waals surface area contributed by atoms with E-state index in [-0.39, 0.29) is 33.9 Å². The monoisotopic (exact) mass is 392 g/mol. The SMILES string of the molecule is CCCOc1ccc(C(F)(F)F)cc1NC(=O)c1nc(Cl)ccc1Cl. The largest absolute Gasteiger partial charge is 0.491 e. The number of hydrogen-bond acceptors (Lipinski definition) is 3. The third-order valence-corrected chi connectivity index (χ3v) is 3.56. The van der Waals surface area contributed by atoms with Gasteiger partial charge in [-0.1, -0.05) is 30.1 Å². The molecule has 0 saturated heterocycles. The Hall–Kier alpha value is -1.99. The van der Waals surface area contributed by atoms with Crippen LogP contribution in [0.25, 0.3) is 0 Å². The molecule has 0 aliphatic carbocycles. The lowest BCUT2D eigenvalue weighted by Gasteiger charge is -2.15. The average Bonchev–Trinajstić information content (AvgIpc) is 2.54. The van der Waals surface area contributed by atoms with Gasteiger partial charge in [0.05, 0.1) is 22.9 Å². The van der Waals surface area contributed by atoms with Crippen molar-refractivity contribution in [2.24, 2.45) is 0 Å². The van der Waals surface area contributed by atoms with Gasteiger partial charge >= 0.3 is 6.18 Å². The van der Waals surface area contributed by atoms with Crippen LogP contribution in [-0.4, -0.2) is 17.5 Å². The van der Waals surface area contributed by atoms with Gasteiger partial charge in [0, 0.05) is 0 Å². The van der Waals surface area contributed by atoms with Gasteiger partial charge in [0.15, 0.2) is 0 Å². The number of halogens is 5. The Bertz CT molecular complexity index is 782. The predicted octanol–water partition coefficient (Wildman–Crippen LogP) is 5.45. The lowest BCUT2D eigenvalue weighted by atomic mass is 10.1. The second-order valence-electron chi connectivity index (χ2n) is 4.98. The quantitative estimate of drug-likeness (QED) is 0.688. The molecule has 0 unspecified atom stereocenters. The maximum Gasteiger partial charge on any atom is 0.416 e. The van der Waals surface area contributed by atoms with Gasteiger partial charge in [0.1, 0.15) is 16.6 Å². The summed E-state index contributed by atoms with van der Waals surface area (Å²) in [6, 6.07) is 5.58. The molecule has 0 bridgehead atoms. The smallest absolute Gasteiger partial charge is 0.416 e. The average molecular weight is 393 g/mol. The van der Waals surface area contributed by atoms with E-state index in [0.717, 1.165) is 18.2 Å². The Labute approximate surface area is 151 Å².